The van der Waals surface area contributed by atoms with E-state index in [2.05, 4.69) is 47.7 Å². The fraction of sp³-hybridized carbons (Fsp3) is 0.542. The Labute approximate surface area is 171 Å². The van der Waals surface area contributed by atoms with Crippen molar-refractivity contribution in [3.05, 3.63) is 52.9 Å². The number of hydrogen-bond acceptors (Lipinski definition) is 2. The first-order valence-electron chi connectivity index (χ1n) is 10.2. The predicted molar refractivity (Wildman–Crippen MR) is 118 cm³/mol. The minimum atomic E-state index is -1.34. The highest BCUT2D eigenvalue weighted by atomic mass is 28.3. The number of carbonyl (C=O) groups excluding carboxylic acids is 1. The van der Waals surface area contributed by atoms with Gasteiger partial charge in [0.1, 0.15) is 12.1 Å². The van der Waals surface area contributed by atoms with Crippen molar-refractivity contribution in [2.75, 3.05) is 0 Å². The molecule has 0 heterocycles. The van der Waals surface area contributed by atoms with E-state index >= 15 is 0 Å². The van der Waals surface area contributed by atoms with E-state index in [0.717, 1.165) is 29.4 Å². The van der Waals surface area contributed by atoms with Crippen molar-refractivity contribution in [2.45, 2.75) is 67.2 Å². The average Bonchev–Trinajstić information content (AvgIpc) is 2.55. The average molecular weight is 403 g/mol. The van der Waals surface area contributed by atoms with Crippen molar-refractivity contribution < 1.29 is 13.6 Å². The Morgan fingerprint density at radius 2 is 1.89 bits per heavy atom. The summed E-state index contributed by atoms with van der Waals surface area (Å²) in [5, 5.41) is 0. The standard InChI is InChI=1S/C24H35FO2Si/c1-16-14-17(11-12-20(16)25)21-18(10-9-13-26)24(5,6)15-19(23(2,3)4)22(21)27-28(7)8/h9-14,19,22,28H,15H2,1-8H3. The monoisotopic (exact) mass is 402 g/mol. The van der Waals surface area contributed by atoms with E-state index in [1.54, 1.807) is 13.0 Å². The van der Waals surface area contributed by atoms with Gasteiger partial charge in [-0.3, -0.25) is 4.79 Å². The van der Waals surface area contributed by atoms with Crippen LogP contribution in [0.1, 0.15) is 52.2 Å². The summed E-state index contributed by atoms with van der Waals surface area (Å²) in [5.74, 6) is 0.124. The van der Waals surface area contributed by atoms with Crippen LogP contribution < -0.4 is 0 Å². The number of aldehydes is 1. The maximum absolute atomic E-state index is 14.0. The minimum Gasteiger partial charge on any atom is -0.413 e. The molecule has 2 rings (SSSR count). The van der Waals surface area contributed by atoms with E-state index in [-0.39, 0.29) is 22.8 Å². The number of benzene rings is 1. The molecular weight excluding hydrogens is 367 g/mol. The zero-order valence-corrected chi connectivity index (χ0v) is 19.8. The molecule has 2 nitrogen and oxygen atoms in total. The summed E-state index contributed by atoms with van der Waals surface area (Å²) in [7, 11) is -1.34. The van der Waals surface area contributed by atoms with Crippen LogP contribution in [0.4, 0.5) is 4.39 Å². The third-order valence-corrected chi connectivity index (χ3v) is 6.58. The van der Waals surface area contributed by atoms with Crippen molar-refractivity contribution in [3.63, 3.8) is 0 Å². The first kappa shape index (κ1) is 22.8. The van der Waals surface area contributed by atoms with Gasteiger partial charge in [0, 0.05) is 0 Å². The van der Waals surface area contributed by atoms with Crippen molar-refractivity contribution in [2.24, 2.45) is 16.7 Å². The number of halogens is 1. The van der Waals surface area contributed by atoms with Gasteiger partial charge in [-0.05, 0) is 83.7 Å². The Morgan fingerprint density at radius 1 is 1.25 bits per heavy atom. The Balaban J connectivity index is 2.83. The van der Waals surface area contributed by atoms with Crippen LogP contribution in [0.2, 0.25) is 13.1 Å². The summed E-state index contributed by atoms with van der Waals surface area (Å²) >= 11 is 0. The van der Waals surface area contributed by atoms with E-state index < -0.39 is 9.04 Å². The minimum absolute atomic E-state index is 0.0594. The number of carbonyl (C=O) groups is 1. The maximum atomic E-state index is 14.0. The molecule has 0 saturated heterocycles. The van der Waals surface area contributed by atoms with Gasteiger partial charge in [0.15, 0.2) is 9.04 Å². The molecular formula is C24H35FO2Si. The Morgan fingerprint density at radius 3 is 2.39 bits per heavy atom. The lowest BCUT2D eigenvalue weighted by Crippen LogP contribution is -2.44. The van der Waals surface area contributed by atoms with Crippen molar-refractivity contribution in [1.29, 1.82) is 0 Å². The molecule has 1 aromatic carbocycles. The van der Waals surface area contributed by atoms with Gasteiger partial charge in [-0.1, -0.05) is 46.8 Å². The Bertz CT molecular complexity index is 784. The Hall–Kier alpha value is -1.52. The van der Waals surface area contributed by atoms with Crippen molar-refractivity contribution in [3.8, 4) is 0 Å². The zero-order chi connectivity index (χ0) is 21.3. The molecule has 0 spiro atoms. The molecule has 2 unspecified atom stereocenters. The zero-order valence-electron chi connectivity index (χ0n) is 18.6. The van der Waals surface area contributed by atoms with Crippen LogP contribution in [0.3, 0.4) is 0 Å². The number of hydrogen-bond donors (Lipinski definition) is 0. The highest BCUT2D eigenvalue weighted by molar-refractivity contribution is 6.48. The SMILES string of the molecule is Cc1cc(C2=C(C=CC=O)C(C)(C)CC(C(C)(C)C)C2O[SiH](C)C)ccc1F. The lowest BCUT2D eigenvalue weighted by molar-refractivity contribution is -0.104. The summed E-state index contributed by atoms with van der Waals surface area (Å²) in [6.45, 7) is 17.4. The summed E-state index contributed by atoms with van der Waals surface area (Å²) in [6.07, 6.45) is 5.23. The van der Waals surface area contributed by atoms with Gasteiger partial charge in [0.05, 0.1) is 6.10 Å². The van der Waals surface area contributed by atoms with Crippen LogP contribution in [0.25, 0.3) is 5.57 Å². The molecule has 1 aliphatic rings. The summed E-state index contributed by atoms with van der Waals surface area (Å²) in [5.41, 5.74) is 3.79. The molecule has 2 atom stereocenters. The third kappa shape index (κ3) is 4.90. The third-order valence-electron chi connectivity index (χ3n) is 5.74. The van der Waals surface area contributed by atoms with Crippen LogP contribution in [-0.4, -0.2) is 21.4 Å². The lowest BCUT2D eigenvalue weighted by atomic mass is 9.59. The highest BCUT2D eigenvalue weighted by Crippen LogP contribution is 2.53. The fourth-order valence-corrected chi connectivity index (χ4v) is 5.20. The molecule has 154 valence electrons. The van der Waals surface area contributed by atoms with E-state index in [1.165, 1.54) is 6.07 Å². The number of rotatable bonds is 5. The maximum Gasteiger partial charge on any atom is 0.171 e. The topological polar surface area (TPSA) is 26.3 Å². The second-order valence-corrected chi connectivity index (χ2v) is 12.3. The Kier molecular flexibility index (Phi) is 6.88. The van der Waals surface area contributed by atoms with E-state index in [4.69, 9.17) is 4.43 Å². The van der Waals surface area contributed by atoms with E-state index in [1.807, 2.05) is 18.2 Å². The van der Waals surface area contributed by atoms with Gasteiger partial charge in [0.25, 0.3) is 0 Å². The van der Waals surface area contributed by atoms with Crippen LogP contribution >= 0.6 is 0 Å². The summed E-state index contributed by atoms with van der Waals surface area (Å²) in [6, 6.07) is 5.31. The molecule has 1 aliphatic carbocycles. The van der Waals surface area contributed by atoms with E-state index in [0.29, 0.717) is 11.5 Å². The summed E-state index contributed by atoms with van der Waals surface area (Å²) in [4.78, 5) is 11.1. The molecule has 4 heteroatoms. The lowest BCUT2D eigenvalue weighted by Gasteiger charge is -2.49. The van der Waals surface area contributed by atoms with E-state index in [9.17, 15) is 9.18 Å². The fourth-order valence-electron chi connectivity index (χ4n) is 4.29. The largest absolute Gasteiger partial charge is 0.413 e. The number of aryl methyl sites for hydroxylation is 1. The molecule has 0 bridgehead atoms. The highest BCUT2D eigenvalue weighted by Gasteiger charge is 2.45. The quantitative estimate of drug-likeness (QED) is 0.338. The first-order valence-corrected chi connectivity index (χ1v) is 12.9. The molecule has 0 amide bonds. The van der Waals surface area contributed by atoms with Crippen molar-refractivity contribution >= 4 is 20.9 Å². The van der Waals surface area contributed by atoms with Gasteiger partial charge >= 0.3 is 0 Å². The first-order chi connectivity index (χ1) is 12.9. The molecule has 0 N–H and O–H groups in total. The summed E-state index contributed by atoms with van der Waals surface area (Å²) < 4.78 is 20.6. The molecule has 0 aromatic heterocycles. The molecule has 0 aliphatic heterocycles. The molecule has 28 heavy (non-hydrogen) atoms. The van der Waals surface area contributed by atoms with Gasteiger partial charge in [-0.2, -0.15) is 0 Å². The molecule has 0 radical (unpaired) electrons. The van der Waals surface area contributed by atoms with Gasteiger partial charge in [0.2, 0.25) is 0 Å². The van der Waals surface area contributed by atoms with Crippen LogP contribution in [0, 0.1) is 29.5 Å². The van der Waals surface area contributed by atoms with Gasteiger partial charge in [-0.25, -0.2) is 4.39 Å². The predicted octanol–water partition coefficient (Wildman–Crippen LogP) is 6.10. The van der Waals surface area contributed by atoms with Gasteiger partial charge in [-0.15, -0.1) is 0 Å². The molecule has 0 saturated carbocycles. The van der Waals surface area contributed by atoms with Crippen LogP contribution in [0.5, 0.6) is 0 Å². The molecule has 0 fully saturated rings. The van der Waals surface area contributed by atoms with Gasteiger partial charge < -0.3 is 4.43 Å². The van der Waals surface area contributed by atoms with Crippen LogP contribution in [0.15, 0.2) is 35.9 Å². The second kappa shape index (κ2) is 8.46. The smallest absolute Gasteiger partial charge is 0.171 e. The molecule has 1 aromatic rings. The normalized spacial score (nSPS) is 22.9. The van der Waals surface area contributed by atoms with Crippen LogP contribution in [-0.2, 0) is 9.22 Å². The van der Waals surface area contributed by atoms with Crippen molar-refractivity contribution in [1.82, 2.24) is 0 Å². The number of allylic oxidation sites excluding steroid dienone is 3. The second-order valence-electron chi connectivity index (χ2n) is 9.95.